The molecular weight excluding hydrogens is 190 g/mol. The zero-order chi connectivity index (χ0) is 11.4. The average molecular weight is 213 g/mol. The van der Waals surface area contributed by atoms with Crippen molar-refractivity contribution in [3.8, 4) is 0 Å². The smallest absolute Gasteiger partial charge is 0.226 e. The summed E-state index contributed by atoms with van der Waals surface area (Å²) >= 11 is 0. The molecule has 1 heterocycles. The van der Waals surface area contributed by atoms with Crippen LogP contribution in [0, 0.1) is 5.92 Å². The van der Waals surface area contributed by atoms with Gasteiger partial charge in [-0.1, -0.05) is 6.92 Å². The number of piperidine rings is 1. The highest BCUT2D eigenvalue weighted by Crippen LogP contribution is 2.15. The van der Waals surface area contributed by atoms with Gasteiger partial charge < -0.3 is 15.5 Å². The molecule has 1 rings (SSSR count). The lowest BCUT2D eigenvalue weighted by atomic mass is 10.0. The van der Waals surface area contributed by atoms with Crippen molar-refractivity contribution >= 4 is 5.91 Å². The van der Waals surface area contributed by atoms with E-state index in [0.717, 1.165) is 25.9 Å². The molecule has 4 nitrogen and oxygen atoms in total. The van der Waals surface area contributed by atoms with E-state index in [4.69, 9.17) is 5.73 Å². The van der Waals surface area contributed by atoms with Crippen LogP contribution in [-0.2, 0) is 4.79 Å². The summed E-state index contributed by atoms with van der Waals surface area (Å²) in [4.78, 5) is 16.0. The van der Waals surface area contributed by atoms with E-state index in [-0.39, 0.29) is 11.8 Å². The molecule has 0 radical (unpaired) electrons. The SMILES string of the molecule is CC(CN)C(=O)N1CCC(N(C)C)CC1. The van der Waals surface area contributed by atoms with Crippen molar-refractivity contribution < 1.29 is 4.79 Å². The summed E-state index contributed by atoms with van der Waals surface area (Å²) in [6.45, 7) is 4.12. The second-order valence-electron chi connectivity index (χ2n) is 4.66. The minimum Gasteiger partial charge on any atom is -0.342 e. The number of likely N-dealkylation sites (tertiary alicyclic amines) is 1. The summed E-state index contributed by atoms with van der Waals surface area (Å²) in [6, 6.07) is 0.627. The monoisotopic (exact) mass is 213 g/mol. The van der Waals surface area contributed by atoms with E-state index in [1.54, 1.807) is 0 Å². The van der Waals surface area contributed by atoms with Crippen LogP contribution in [0.5, 0.6) is 0 Å². The van der Waals surface area contributed by atoms with Gasteiger partial charge in [0.05, 0.1) is 0 Å². The molecule has 1 fully saturated rings. The Morgan fingerprint density at radius 3 is 2.40 bits per heavy atom. The number of nitrogens with two attached hydrogens (primary N) is 1. The van der Waals surface area contributed by atoms with Crippen LogP contribution in [0.15, 0.2) is 0 Å². The number of hydrogen-bond acceptors (Lipinski definition) is 3. The highest BCUT2D eigenvalue weighted by Gasteiger charge is 2.25. The van der Waals surface area contributed by atoms with Gasteiger partial charge in [0.2, 0.25) is 5.91 Å². The third-order valence-electron chi connectivity index (χ3n) is 3.28. The Morgan fingerprint density at radius 1 is 1.47 bits per heavy atom. The molecule has 1 aliphatic rings. The van der Waals surface area contributed by atoms with Gasteiger partial charge in [-0.05, 0) is 26.9 Å². The predicted octanol–water partition coefficient (Wildman–Crippen LogP) is 0.134. The first kappa shape index (κ1) is 12.5. The van der Waals surface area contributed by atoms with Crippen LogP contribution < -0.4 is 5.73 Å². The minimum atomic E-state index is -0.0269. The molecule has 88 valence electrons. The molecule has 4 heteroatoms. The molecular formula is C11H23N3O. The number of carbonyl (C=O) groups is 1. The number of rotatable bonds is 3. The molecule has 0 saturated carbocycles. The van der Waals surface area contributed by atoms with E-state index in [9.17, 15) is 4.79 Å². The van der Waals surface area contributed by atoms with E-state index >= 15 is 0 Å². The lowest BCUT2D eigenvalue weighted by molar-refractivity contribution is -0.136. The Bertz CT molecular complexity index is 210. The first-order valence-electron chi connectivity index (χ1n) is 5.71. The van der Waals surface area contributed by atoms with Gasteiger partial charge in [-0.15, -0.1) is 0 Å². The molecule has 0 aromatic carbocycles. The number of nitrogens with zero attached hydrogens (tertiary/aromatic N) is 2. The quantitative estimate of drug-likeness (QED) is 0.725. The van der Waals surface area contributed by atoms with Gasteiger partial charge in [-0.3, -0.25) is 4.79 Å². The lowest BCUT2D eigenvalue weighted by Gasteiger charge is -2.36. The van der Waals surface area contributed by atoms with E-state index in [2.05, 4.69) is 19.0 Å². The van der Waals surface area contributed by atoms with Gasteiger partial charge in [-0.25, -0.2) is 0 Å². The van der Waals surface area contributed by atoms with Crippen molar-refractivity contribution in [1.82, 2.24) is 9.80 Å². The number of hydrogen-bond donors (Lipinski definition) is 1. The third kappa shape index (κ3) is 3.18. The van der Waals surface area contributed by atoms with Gasteiger partial charge in [0.1, 0.15) is 0 Å². The molecule has 0 spiro atoms. The van der Waals surface area contributed by atoms with Crippen LogP contribution in [0.4, 0.5) is 0 Å². The minimum absolute atomic E-state index is 0.0269. The molecule has 1 atom stereocenters. The summed E-state index contributed by atoms with van der Waals surface area (Å²) < 4.78 is 0. The Hall–Kier alpha value is -0.610. The van der Waals surface area contributed by atoms with E-state index in [1.807, 2.05) is 11.8 Å². The number of carbonyl (C=O) groups excluding carboxylic acids is 1. The maximum atomic E-state index is 11.8. The largest absolute Gasteiger partial charge is 0.342 e. The normalized spacial score (nSPS) is 20.7. The molecule has 0 aromatic heterocycles. The predicted molar refractivity (Wildman–Crippen MR) is 61.5 cm³/mol. The summed E-state index contributed by atoms with van der Waals surface area (Å²) in [5, 5.41) is 0. The van der Waals surface area contributed by atoms with Crippen molar-refractivity contribution in [1.29, 1.82) is 0 Å². The Morgan fingerprint density at radius 2 is 2.00 bits per heavy atom. The maximum absolute atomic E-state index is 11.8. The highest BCUT2D eigenvalue weighted by molar-refractivity contribution is 5.78. The van der Waals surface area contributed by atoms with Crippen molar-refractivity contribution in [3.63, 3.8) is 0 Å². The lowest BCUT2D eigenvalue weighted by Crippen LogP contribution is -2.47. The van der Waals surface area contributed by atoms with E-state index in [0.29, 0.717) is 12.6 Å². The first-order valence-corrected chi connectivity index (χ1v) is 5.71. The summed E-state index contributed by atoms with van der Waals surface area (Å²) in [7, 11) is 4.20. The molecule has 2 N–H and O–H groups in total. The average Bonchev–Trinajstić information content (AvgIpc) is 2.27. The van der Waals surface area contributed by atoms with Crippen molar-refractivity contribution in [2.45, 2.75) is 25.8 Å². The standard InChI is InChI=1S/C11H23N3O/c1-9(8-12)11(15)14-6-4-10(5-7-14)13(2)3/h9-10H,4-8,12H2,1-3H3. The Kier molecular flexibility index (Phi) is 4.54. The van der Waals surface area contributed by atoms with Crippen LogP contribution in [-0.4, -0.2) is 55.5 Å². The van der Waals surface area contributed by atoms with Crippen LogP contribution in [0.1, 0.15) is 19.8 Å². The Labute approximate surface area is 92.4 Å². The highest BCUT2D eigenvalue weighted by atomic mass is 16.2. The third-order valence-corrected chi connectivity index (χ3v) is 3.28. The molecule has 0 aliphatic carbocycles. The summed E-state index contributed by atoms with van der Waals surface area (Å²) in [5.41, 5.74) is 5.50. The molecule has 1 aliphatic heterocycles. The molecule has 1 unspecified atom stereocenters. The zero-order valence-corrected chi connectivity index (χ0v) is 10.1. The zero-order valence-electron chi connectivity index (χ0n) is 10.1. The number of amides is 1. The molecule has 0 bridgehead atoms. The maximum Gasteiger partial charge on any atom is 0.226 e. The van der Waals surface area contributed by atoms with Gasteiger partial charge in [0.15, 0.2) is 0 Å². The van der Waals surface area contributed by atoms with Gasteiger partial charge in [0.25, 0.3) is 0 Å². The van der Waals surface area contributed by atoms with Crippen LogP contribution in [0.2, 0.25) is 0 Å². The first-order chi connectivity index (χ1) is 7.06. The summed E-state index contributed by atoms with van der Waals surface area (Å²) in [6.07, 6.45) is 2.16. The van der Waals surface area contributed by atoms with Gasteiger partial charge in [0, 0.05) is 31.6 Å². The van der Waals surface area contributed by atoms with Crippen molar-refractivity contribution in [2.24, 2.45) is 11.7 Å². The van der Waals surface area contributed by atoms with Gasteiger partial charge in [-0.2, -0.15) is 0 Å². The van der Waals surface area contributed by atoms with Crippen molar-refractivity contribution in [2.75, 3.05) is 33.7 Å². The van der Waals surface area contributed by atoms with Crippen LogP contribution >= 0.6 is 0 Å². The molecule has 15 heavy (non-hydrogen) atoms. The molecule has 1 saturated heterocycles. The second-order valence-corrected chi connectivity index (χ2v) is 4.66. The molecule has 1 amide bonds. The topological polar surface area (TPSA) is 49.6 Å². The fourth-order valence-corrected chi connectivity index (χ4v) is 2.02. The van der Waals surface area contributed by atoms with E-state index < -0.39 is 0 Å². The van der Waals surface area contributed by atoms with Crippen LogP contribution in [0.25, 0.3) is 0 Å². The second kappa shape index (κ2) is 5.47. The fraction of sp³-hybridized carbons (Fsp3) is 0.909. The van der Waals surface area contributed by atoms with Crippen molar-refractivity contribution in [3.05, 3.63) is 0 Å². The van der Waals surface area contributed by atoms with E-state index in [1.165, 1.54) is 0 Å². The summed E-state index contributed by atoms with van der Waals surface area (Å²) in [5.74, 6) is 0.190. The fourth-order valence-electron chi connectivity index (χ4n) is 2.02. The Balaban J connectivity index is 2.40. The van der Waals surface area contributed by atoms with Crippen LogP contribution in [0.3, 0.4) is 0 Å². The molecule has 0 aromatic rings. The van der Waals surface area contributed by atoms with Gasteiger partial charge >= 0.3 is 0 Å².